The zero-order valence-corrected chi connectivity index (χ0v) is 12.7. The molecule has 0 saturated carbocycles. The lowest BCUT2D eigenvalue weighted by Crippen LogP contribution is -2.24. The predicted molar refractivity (Wildman–Crippen MR) is 81.2 cm³/mol. The molecule has 0 aromatic carbocycles. The molecule has 2 aromatic rings. The molecule has 0 radical (unpaired) electrons. The van der Waals surface area contributed by atoms with Crippen molar-refractivity contribution in [1.82, 2.24) is 19.7 Å². The Labute approximate surface area is 118 Å². The van der Waals surface area contributed by atoms with Crippen LogP contribution in [0.4, 0.5) is 5.95 Å². The Morgan fingerprint density at radius 1 is 1.35 bits per heavy atom. The highest BCUT2D eigenvalue weighted by Crippen LogP contribution is 2.18. The SMILES string of the molecule is CCCCCNc1nc2c(cnn2C(C)(C)C)c(=O)[nH]1. The molecule has 6 heteroatoms. The van der Waals surface area contributed by atoms with E-state index in [1.54, 1.807) is 10.9 Å². The molecule has 20 heavy (non-hydrogen) atoms. The Balaban J connectivity index is 2.32. The number of aromatic amines is 1. The maximum Gasteiger partial charge on any atom is 0.263 e. The van der Waals surface area contributed by atoms with Gasteiger partial charge in [-0.2, -0.15) is 10.1 Å². The molecule has 2 heterocycles. The highest BCUT2D eigenvalue weighted by molar-refractivity contribution is 5.74. The van der Waals surface area contributed by atoms with Gasteiger partial charge in [0.25, 0.3) is 5.56 Å². The third-order valence-electron chi connectivity index (χ3n) is 3.15. The van der Waals surface area contributed by atoms with E-state index in [1.807, 2.05) is 20.8 Å². The minimum atomic E-state index is -0.206. The molecule has 0 fully saturated rings. The largest absolute Gasteiger partial charge is 0.356 e. The molecule has 0 saturated heterocycles. The van der Waals surface area contributed by atoms with Gasteiger partial charge in [0, 0.05) is 6.54 Å². The summed E-state index contributed by atoms with van der Waals surface area (Å²) in [6.07, 6.45) is 4.98. The maximum absolute atomic E-state index is 12.0. The van der Waals surface area contributed by atoms with Gasteiger partial charge < -0.3 is 5.32 Å². The standard InChI is InChI=1S/C14H23N5O/c1-5-6-7-8-15-13-17-11-10(12(20)18-13)9-16-19(11)14(2,3)4/h9H,5-8H2,1-4H3,(H2,15,17,18,20). The smallest absolute Gasteiger partial charge is 0.263 e. The zero-order chi connectivity index (χ0) is 14.8. The summed E-state index contributed by atoms with van der Waals surface area (Å²) in [5.74, 6) is 0.518. The summed E-state index contributed by atoms with van der Waals surface area (Å²) in [6, 6.07) is 0. The minimum absolute atomic E-state index is 0.150. The van der Waals surface area contributed by atoms with Crippen molar-refractivity contribution in [3.8, 4) is 0 Å². The highest BCUT2D eigenvalue weighted by Gasteiger charge is 2.19. The van der Waals surface area contributed by atoms with Gasteiger partial charge in [-0.1, -0.05) is 19.8 Å². The van der Waals surface area contributed by atoms with E-state index in [-0.39, 0.29) is 11.1 Å². The average Bonchev–Trinajstić information content (AvgIpc) is 2.79. The number of rotatable bonds is 5. The molecule has 6 nitrogen and oxygen atoms in total. The van der Waals surface area contributed by atoms with Crippen molar-refractivity contribution < 1.29 is 0 Å². The minimum Gasteiger partial charge on any atom is -0.356 e. The quantitative estimate of drug-likeness (QED) is 0.823. The summed E-state index contributed by atoms with van der Waals surface area (Å²) in [5.41, 5.74) is 0.268. The van der Waals surface area contributed by atoms with E-state index in [1.165, 1.54) is 12.8 Å². The van der Waals surface area contributed by atoms with E-state index >= 15 is 0 Å². The van der Waals surface area contributed by atoms with Crippen LogP contribution in [0.15, 0.2) is 11.0 Å². The Kier molecular flexibility index (Phi) is 4.11. The summed E-state index contributed by atoms with van der Waals surface area (Å²) in [5, 5.41) is 7.98. The van der Waals surface area contributed by atoms with E-state index in [0.717, 1.165) is 13.0 Å². The summed E-state index contributed by atoms with van der Waals surface area (Å²) in [7, 11) is 0. The van der Waals surface area contributed by atoms with Gasteiger partial charge in [-0.15, -0.1) is 0 Å². The first-order valence-corrected chi connectivity index (χ1v) is 7.16. The van der Waals surface area contributed by atoms with Crippen LogP contribution >= 0.6 is 0 Å². The van der Waals surface area contributed by atoms with Gasteiger partial charge in [-0.3, -0.25) is 9.78 Å². The summed E-state index contributed by atoms with van der Waals surface area (Å²) in [6.45, 7) is 9.09. The monoisotopic (exact) mass is 277 g/mol. The van der Waals surface area contributed by atoms with E-state index in [4.69, 9.17) is 0 Å². The normalized spacial score (nSPS) is 12.0. The molecule has 0 atom stereocenters. The molecule has 2 N–H and O–H groups in total. The molecule has 0 aliphatic rings. The average molecular weight is 277 g/mol. The number of nitrogens with one attached hydrogen (secondary N) is 2. The lowest BCUT2D eigenvalue weighted by molar-refractivity contribution is 0.366. The summed E-state index contributed by atoms with van der Waals surface area (Å²) < 4.78 is 1.79. The van der Waals surface area contributed by atoms with Crippen LogP contribution in [0.25, 0.3) is 11.0 Å². The molecule has 0 aliphatic heterocycles. The second-order valence-electron chi connectivity index (χ2n) is 6.01. The third kappa shape index (κ3) is 3.00. The first kappa shape index (κ1) is 14.6. The topological polar surface area (TPSA) is 75.6 Å². The fraction of sp³-hybridized carbons (Fsp3) is 0.643. The van der Waals surface area contributed by atoms with Gasteiger partial charge in [-0.25, -0.2) is 4.68 Å². The molecular weight excluding hydrogens is 254 g/mol. The second kappa shape index (κ2) is 5.64. The Morgan fingerprint density at radius 2 is 2.10 bits per heavy atom. The lowest BCUT2D eigenvalue weighted by Gasteiger charge is -2.19. The van der Waals surface area contributed by atoms with Crippen LogP contribution in [0.1, 0.15) is 47.0 Å². The number of aromatic nitrogens is 4. The van der Waals surface area contributed by atoms with E-state index in [2.05, 4.69) is 27.3 Å². The van der Waals surface area contributed by atoms with Crippen molar-refractivity contribution in [3.05, 3.63) is 16.6 Å². The van der Waals surface area contributed by atoms with Crippen LogP contribution in [0.5, 0.6) is 0 Å². The number of H-pyrrole nitrogens is 1. The van der Waals surface area contributed by atoms with E-state index in [0.29, 0.717) is 17.0 Å². The third-order valence-corrected chi connectivity index (χ3v) is 3.15. The number of unbranched alkanes of at least 4 members (excludes halogenated alkanes) is 2. The van der Waals surface area contributed by atoms with Gasteiger partial charge in [0.15, 0.2) is 5.65 Å². The first-order chi connectivity index (χ1) is 9.43. The number of fused-ring (bicyclic) bond motifs is 1. The predicted octanol–water partition coefficient (Wildman–Crippen LogP) is 2.48. The van der Waals surface area contributed by atoms with Crippen molar-refractivity contribution >= 4 is 17.0 Å². The number of hydrogen-bond acceptors (Lipinski definition) is 4. The van der Waals surface area contributed by atoms with Gasteiger partial charge in [0.05, 0.1) is 11.7 Å². The van der Waals surface area contributed by atoms with Crippen LogP contribution in [-0.2, 0) is 5.54 Å². The lowest BCUT2D eigenvalue weighted by atomic mass is 10.1. The van der Waals surface area contributed by atoms with Crippen molar-refractivity contribution in [2.45, 2.75) is 52.5 Å². The first-order valence-electron chi connectivity index (χ1n) is 7.16. The van der Waals surface area contributed by atoms with Crippen LogP contribution in [-0.4, -0.2) is 26.3 Å². The van der Waals surface area contributed by atoms with Gasteiger partial charge in [0.1, 0.15) is 5.39 Å². The van der Waals surface area contributed by atoms with E-state index < -0.39 is 0 Å². The van der Waals surface area contributed by atoms with Crippen LogP contribution in [0, 0.1) is 0 Å². The molecule has 2 aromatic heterocycles. The van der Waals surface area contributed by atoms with Gasteiger partial charge in [0.2, 0.25) is 5.95 Å². The van der Waals surface area contributed by atoms with E-state index in [9.17, 15) is 4.79 Å². The van der Waals surface area contributed by atoms with Crippen molar-refractivity contribution in [3.63, 3.8) is 0 Å². The number of nitrogens with zero attached hydrogens (tertiary/aromatic N) is 3. The van der Waals surface area contributed by atoms with Crippen LogP contribution in [0.3, 0.4) is 0 Å². The Hall–Kier alpha value is -1.85. The Bertz CT molecular complexity index is 635. The summed E-state index contributed by atoms with van der Waals surface area (Å²) >= 11 is 0. The maximum atomic E-state index is 12.0. The number of hydrogen-bond donors (Lipinski definition) is 2. The molecule has 2 rings (SSSR count). The van der Waals surface area contributed by atoms with Crippen LogP contribution in [0.2, 0.25) is 0 Å². The van der Waals surface area contributed by atoms with Gasteiger partial charge >= 0.3 is 0 Å². The fourth-order valence-electron chi connectivity index (χ4n) is 2.07. The molecule has 0 amide bonds. The molecule has 0 bridgehead atoms. The van der Waals surface area contributed by atoms with Crippen molar-refractivity contribution in [2.24, 2.45) is 0 Å². The van der Waals surface area contributed by atoms with Crippen molar-refractivity contribution in [2.75, 3.05) is 11.9 Å². The molecule has 0 aliphatic carbocycles. The second-order valence-corrected chi connectivity index (χ2v) is 6.01. The molecule has 0 unspecified atom stereocenters. The zero-order valence-electron chi connectivity index (χ0n) is 12.7. The molecular formula is C14H23N5O. The molecule has 0 spiro atoms. The Morgan fingerprint density at radius 3 is 2.75 bits per heavy atom. The van der Waals surface area contributed by atoms with Crippen LogP contribution < -0.4 is 10.9 Å². The fourth-order valence-corrected chi connectivity index (χ4v) is 2.07. The molecule has 110 valence electrons. The van der Waals surface area contributed by atoms with Crippen molar-refractivity contribution in [1.29, 1.82) is 0 Å². The number of anilines is 1. The summed E-state index contributed by atoms with van der Waals surface area (Å²) in [4.78, 5) is 19.3. The van der Waals surface area contributed by atoms with Gasteiger partial charge in [-0.05, 0) is 27.2 Å². The highest BCUT2D eigenvalue weighted by atomic mass is 16.1.